The molecule has 0 aliphatic rings. The van der Waals surface area contributed by atoms with Crippen LogP contribution >= 0.6 is 0 Å². The molecular weight excluding hydrogens is 278 g/mol. The van der Waals surface area contributed by atoms with E-state index < -0.39 is 0 Å². The van der Waals surface area contributed by atoms with Gasteiger partial charge in [0.1, 0.15) is 0 Å². The first kappa shape index (κ1) is 16.4. The molecule has 6 heteroatoms. The minimum atomic E-state index is -0.106. The SMILES string of the molecule is CCCCN(C(=O)c1nc2nc(C)cc(C)n2n1)C(C)CC. The monoisotopic (exact) mass is 303 g/mol. The molecule has 0 spiro atoms. The number of aryl methyl sites for hydroxylation is 2. The first-order valence-electron chi connectivity index (χ1n) is 7.99. The summed E-state index contributed by atoms with van der Waals surface area (Å²) < 4.78 is 1.63. The third-order valence-corrected chi connectivity index (χ3v) is 3.95. The minimum absolute atomic E-state index is 0.106. The van der Waals surface area contributed by atoms with Crippen LogP contribution in [0.1, 0.15) is 62.0 Å². The van der Waals surface area contributed by atoms with Gasteiger partial charge in [-0.2, -0.15) is 4.98 Å². The highest BCUT2D eigenvalue weighted by atomic mass is 16.2. The van der Waals surface area contributed by atoms with Crippen molar-refractivity contribution in [2.24, 2.45) is 0 Å². The van der Waals surface area contributed by atoms with E-state index in [1.807, 2.05) is 24.8 Å². The van der Waals surface area contributed by atoms with Crippen LogP contribution in [-0.2, 0) is 0 Å². The Morgan fingerprint density at radius 3 is 2.68 bits per heavy atom. The highest BCUT2D eigenvalue weighted by molar-refractivity contribution is 5.91. The molecule has 2 aromatic heterocycles. The van der Waals surface area contributed by atoms with Gasteiger partial charge in [0.05, 0.1) is 0 Å². The van der Waals surface area contributed by atoms with Gasteiger partial charge in [-0.25, -0.2) is 9.50 Å². The minimum Gasteiger partial charge on any atom is -0.333 e. The van der Waals surface area contributed by atoms with Crippen molar-refractivity contribution in [2.75, 3.05) is 6.54 Å². The Balaban J connectivity index is 2.35. The molecule has 1 amide bonds. The molecule has 0 aliphatic heterocycles. The van der Waals surface area contributed by atoms with Crippen molar-refractivity contribution in [3.8, 4) is 0 Å². The van der Waals surface area contributed by atoms with E-state index in [0.29, 0.717) is 5.78 Å². The number of aromatic nitrogens is 4. The molecule has 22 heavy (non-hydrogen) atoms. The predicted molar refractivity (Wildman–Crippen MR) is 86.0 cm³/mol. The zero-order valence-electron chi connectivity index (χ0n) is 14.1. The molecule has 0 radical (unpaired) electrons. The van der Waals surface area contributed by atoms with Gasteiger partial charge in [0, 0.05) is 24.0 Å². The lowest BCUT2D eigenvalue weighted by molar-refractivity contribution is 0.0673. The average molecular weight is 303 g/mol. The Kier molecular flexibility index (Phi) is 5.11. The summed E-state index contributed by atoms with van der Waals surface area (Å²) in [6.07, 6.45) is 2.96. The lowest BCUT2D eigenvalue weighted by atomic mass is 10.2. The molecule has 0 N–H and O–H groups in total. The van der Waals surface area contributed by atoms with Crippen LogP contribution in [-0.4, -0.2) is 43.0 Å². The number of amides is 1. The molecule has 2 heterocycles. The van der Waals surface area contributed by atoms with Crippen molar-refractivity contribution in [3.63, 3.8) is 0 Å². The molecule has 0 bridgehead atoms. The van der Waals surface area contributed by atoms with Gasteiger partial charge in [-0.1, -0.05) is 20.3 Å². The van der Waals surface area contributed by atoms with Gasteiger partial charge in [0.15, 0.2) is 0 Å². The summed E-state index contributed by atoms with van der Waals surface area (Å²) in [6.45, 7) is 10.9. The lowest BCUT2D eigenvalue weighted by Crippen LogP contribution is -2.39. The van der Waals surface area contributed by atoms with Crippen LogP contribution in [0.3, 0.4) is 0 Å². The third kappa shape index (κ3) is 3.26. The maximum Gasteiger partial charge on any atom is 0.293 e. The molecule has 2 rings (SSSR count). The van der Waals surface area contributed by atoms with E-state index in [4.69, 9.17) is 0 Å². The van der Waals surface area contributed by atoms with Crippen molar-refractivity contribution in [3.05, 3.63) is 23.3 Å². The first-order chi connectivity index (χ1) is 10.5. The van der Waals surface area contributed by atoms with Gasteiger partial charge in [-0.15, -0.1) is 5.10 Å². The van der Waals surface area contributed by atoms with Gasteiger partial charge in [0.25, 0.3) is 11.7 Å². The summed E-state index contributed by atoms with van der Waals surface area (Å²) in [5, 5.41) is 4.35. The lowest BCUT2D eigenvalue weighted by Gasteiger charge is -2.27. The van der Waals surface area contributed by atoms with Crippen molar-refractivity contribution in [1.29, 1.82) is 0 Å². The summed E-state index contributed by atoms with van der Waals surface area (Å²) in [5.74, 6) is 0.614. The Morgan fingerprint density at radius 1 is 1.32 bits per heavy atom. The van der Waals surface area contributed by atoms with E-state index in [1.54, 1.807) is 4.52 Å². The molecule has 1 unspecified atom stereocenters. The fourth-order valence-corrected chi connectivity index (χ4v) is 2.46. The Morgan fingerprint density at radius 2 is 2.05 bits per heavy atom. The number of unbranched alkanes of at least 4 members (excludes halogenated alkanes) is 1. The van der Waals surface area contributed by atoms with Crippen molar-refractivity contribution in [2.45, 2.75) is 59.9 Å². The second-order valence-electron chi connectivity index (χ2n) is 5.80. The first-order valence-corrected chi connectivity index (χ1v) is 7.99. The highest BCUT2D eigenvalue weighted by Crippen LogP contribution is 2.12. The van der Waals surface area contributed by atoms with Crippen LogP contribution < -0.4 is 0 Å². The van der Waals surface area contributed by atoms with Gasteiger partial charge in [-0.3, -0.25) is 4.79 Å². The Labute approximate surface area is 131 Å². The Hall–Kier alpha value is -1.98. The third-order valence-electron chi connectivity index (χ3n) is 3.95. The van der Waals surface area contributed by atoms with Crippen LogP contribution in [0.15, 0.2) is 6.07 Å². The summed E-state index contributed by atoms with van der Waals surface area (Å²) in [6, 6.07) is 2.11. The van der Waals surface area contributed by atoms with Crippen LogP contribution in [0.4, 0.5) is 0 Å². The fourth-order valence-electron chi connectivity index (χ4n) is 2.46. The normalized spacial score (nSPS) is 12.6. The largest absolute Gasteiger partial charge is 0.333 e. The maximum atomic E-state index is 12.8. The second kappa shape index (κ2) is 6.85. The maximum absolute atomic E-state index is 12.8. The molecule has 0 aromatic carbocycles. The molecule has 0 fully saturated rings. The summed E-state index contributed by atoms with van der Waals surface area (Å²) in [4.78, 5) is 23.3. The summed E-state index contributed by atoms with van der Waals surface area (Å²) >= 11 is 0. The summed E-state index contributed by atoms with van der Waals surface area (Å²) in [7, 11) is 0. The molecular formula is C16H25N5O. The van der Waals surface area contributed by atoms with Crippen molar-refractivity contribution < 1.29 is 4.79 Å². The quantitative estimate of drug-likeness (QED) is 0.823. The van der Waals surface area contributed by atoms with E-state index >= 15 is 0 Å². The molecule has 0 saturated heterocycles. The zero-order chi connectivity index (χ0) is 16.3. The average Bonchev–Trinajstić information content (AvgIpc) is 2.91. The molecule has 2 aromatic rings. The van der Waals surface area contributed by atoms with Crippen LogP contribution in [0, 0.1) is 13.8 Å². The van der Waals surface area contributed by atoms with E-state index in [-0.39, 0.29) is 17.8 Å². The molecule has 120 valence electrons. The highest BCUT2D eigenvalue weighted by Gasteiger charge is 2.24. The number of hydrogen-bond donors (Lipinski definition) is 0. The van der Waals surface area contributed by atoms with Crippen LogP contribution in [0.5, 0.6) is 0 Å². The summed E-state index contributed by atoms with van der Waals surface area (Å²) in [5.41, 5.74) is 1.80. The van der Waals surface area contributed by atoms with Gasteiger partial charge in [0.2, 0.25) is 5.82 Å². The van der Waals surface area contributed by atoms with Gasteiger partial charge in [-0.05, 0) is 39.7 Å². The van der Waals surface area contributed by atoms with E-state index in [0.717, 1.165) is 37.2 Å². The smallest absolute Gasteiger partial charge is 0.293 e. The van der Waals surface area contributed by atoms with Gasteiger partial charge >= 0.3 is 0 Å². The number of carbonyl (C=O) groups is 1. The van der Waals surface area contributed by atoms with E-state index in [2.05, 4.69) is 35.8 Å². The topological polar surface area (TPSA) is 63.4 Å². The van der Waals surface area contributed by atoms with Crippen molar-refractivity contribution >= 4 is 11.7 Å². The predicted octanol–water partition coefficient (Wildman–Crippen LogP) is 2.78. The zero-order valence-corrected chi connectivity index (χ0v) is 14.1. The molecule has 0 aliphatic carbocycles. The number of carbonyl (C=O) groups excluding carboxylic acids is 1. The standard InChI is InChI=1S/C16H25N5O/c1-6-8-9-20(12(4)7-2)15(22)14-18-16-17-11(3)10-13(5)21(16)19-14/h10,12H,6-9H2,1-5H3. The Bertz CT molecular complexity index is 664. The fraction of sp³-hybridized carbons (Fsp3) is 0.625. The number of fused-ring (bicyclic) bond motifs is 1. The van der Waals surface area contributed by atoms with Crippen LogP contribution in [0.2, 0.25) is 0 Å². The number of nitrogens with zero attached hydrogens (tertiary/aromatic N) is 5. The number of rotatable bonds is 6. The molecule has 6 nitrogen and oxygen atoms in total. The van der Waals surface area contributed by atoms with E-state index in [9.17, 15) is 4.79 Å². The van der Waals surface area contributed by atoms with Crippen molar-refractivity contribution in [1.82, 2.24) is 24.5 Å². The van der Waals surface area contributed by atoms with Crippen LogP contribution in [0.25, 0.3) is 5.78 Å². The second-order valence-corrected chi connectivity index (χ2v) is 5.80. The van der Waals surface area contributed by atoms with E-state index in [1.165, 1.54) is 0 Å². The number of hydrogen-bond acceptors (Lipinski definition) is 4. The molecule has 0 saturated carbocycles. The molecule has 1 atom stereocenters. The van der Waals surface area contributed by atoms with Gasteiger partial charge < -0.3 is 4.90 Å².